The second-order valence-electron chi connectivity index (χ2n) is 4.53. The fraction of sp³-hybridized carbons (Fsp3) is 0.294. The van der Waals surface area contributed by atoms with Crippen molar-refractivity contribution in [1.82, 2.24) is 0 Å². The summed E-state index contributed by atoms with van der Waals surface area (Å²) >= 11 is 0. The minimum Gasteiger partial charge on any atom is -0.0683 e. The van der Waals surface area contributed by atoms with Gasteiger partial charge in [-0.3, -0.25) is 0 Å². The summed E-state index contributed by atoms with van der Waals surface area (Å²) in [7, 11) is 0. The van der Waals surface area contributed by atoms with Gasteiger partial charge >= 0.3 is 0 Å². The van der Waals surface area contributed by atoms with Crippen LogP contribution < -0.4 is 0 Å². The molecule has 0 saturated carbocycles. The molecule has 0 saturated heterocycles. The van der Waals surface area contributed by atoms with Crippen molar-refractivity contribution in [3.8, 4) is 0 Å². The average molecular weight is 224 g/mol. The van der Waals surface area contributed by atoms with Gasteiger partial charge in [0.05, 0.1) is 0 Å². The average Bonchev–Trinajstić information content (AvgIpc) is 2.41. The summed E-state index contributed by atoms with van der Waals surface area (Å²) in [6, 6.07) is 19.6. The fourth-order valence-corrected chi connectivity index (χ4v) is 2.65. The Bertz CT molecular complexity index is 484. The number of hydrogen-bond donors (Lipinski definition) is 0. The van der Waals surface area contributed by atoms with Gasteiger partial charge in [0.15, 0.2) is 0 Å². The van der Waals surface area contributed by atoms with Crippen LogP contribution >= 0.6 is 0 Å². The molecular formula is C17H20. The maximum absolute atomic E-state index is 2.34. The van der Waals surface area contributed by atoms with Crippen LogP contribution in [0.5, 0.6) is 0 Å². The minimum absolute atomic E-state index is 0.248. The van der Waals surface area contributed by atoms with Gasteiger partial charge in [-0.1, -0.05) is 75.4 Å². The summed E-state index contributed by atoms with van der Waals surface area (Å²) in [5, 5.41) is 0. The molecule has 0 aliphatic heterocycles. The third-order valence-corrected chi connectivity index (χ3v) is 3.57. The highest BCUT2D eigenvalue weighted by molar-refractivity contribution is 5.52. The number of benzene rings is 2. The van der Waals surface area contributed by atoms with Crippen LogP contribution in [0.15, 0.2) is 54.6 Å². The van der Waals surface area contributed by atoms with Gasteiger partial charge in [-0.15, -0.1) is 0 Å². The van der Waals surface area contributed by atoms with Crippen LogP contribution in [0.4, 0.5) is 0 Å². The molecule has 0 bridgehead atoms. The molecule has 1 atom stereocenters. The van der Waals surface area contributed by atoms with Crippen molar-refractivity contribution in [2.24, 2.45) is 0 Å². The van der Waals surface area contributed by atoms with Gasteiger partial charge in [-0.25, -0.2) is 0 Å². The molecule has 3 rings (SSSR count). The van der Waals surface area contributed by atoms with E-state index >= 15 is 0 Å². The molecule has 0 heterocycles. The molecule has 0 nitrogen and oxygen atoms in total. The van der Waals surface area contributed by atoms with Gasteiger partial charge in [0.1, 0.15) is 0 Å². The van der Waals surface area contributed by atoms with E-state index in [1.165, 1.54) is 23.1 Å². The van der Waals surface area contributed by atoms with E-state index in [0.29, 0.717) is 0 Å². The Morgan fingerprint density at radius 3 is 2.06 bits per heavy atom. The Morgan fingerprint density at radius 1 is 0.824 bits per heavy atom. The van der Waals surface area contributed by atoms with Gasteiger partial charge in [0.2, 0.25) is 0 Å². The molecule has 0 radical (unpaired) electrons. The molecule has 0 N–H and O–H groups in total. The summed E-state index contributed by atoms with van der Waals surface area (Å²) in [5.41, 5.74) is 4.68. The first-order chi connectivity index (χ1) is 8.31. The largest absolute Gasteiger partial charge is 0.0683 e. The van der Waals surface area contributed by atoms with Crippen molar-refractivity contribution in [3.63, 3.8) is 0 Å². The molecule has 0 fully saturated rings. The lowest BCUT2D eigenvalue weighted by molar-refractivity contribution is 0.496. The minimum atomic E-state index is 0.248. The van der Waals surface area contributed by atoms with Crippen LogP contribution in [0.1, 0.15) is 37.5 Å². The van der Waals surface area contributed by atoms with Gasteiger partial charge in [0.25, 0.3) is 0 Å². The van der Waals surface area contributed by atoms with Crippen LogP contribution in [0.3, 0.4) is 0 Å². The molecule has 0 heteroatoms. The highest BCUT2D eigenvalue weighted by Crippen LogP contribution is 2.45. The third-order valence-electron chi connectivity index (χ3n) is 3.57. The summed E-state index contributed by atoms with van der Waals surface area (Å²) < 4.78 is 0. The molecule has 88 valence electrons. The van der Waals surface area contributed by atoms with E-state index in [0.717, 1.165) is 0 Å². The van der Waals surface area contributed by atoms with Gasteiger partial charge in [0, 0.05) is 5.41 Å². The van der Waals surface area contributed by atoms with Crippen LogP contribution in [-0.2, 0) is 11.8 Å². The van der Waals surface area contributed by atoms with E-state index in [4.69, 9.17) is 0 Å². The first-order valence-electron chi connectivity index (χ1n) is 6.45. The zero-order valence-corrected chi connectivity index (χ0v) is 10.9. The Morgan fingerprint density at radius 2 is 1.41 bits per heavy atom. The third kappa shape index (κ3) is 1.88. The second-order valence-corrected chi connectivity index (χ2v) is 4.53. The van der Waals surface area contributed by atoms with Crippen molar-refractivity contribution < 1.29 is 0 Å². The Kier molecular flexibility index (Phi) is 3.33. The first kappa shape index (κ1) is 11.9. The van der Waals surface area contributed by atoms with Crippen molar-refractivity contribution in [2.45, 2.75) is 32.6 Å². The standard InChI is InChI=1S/C15H14.C2H6/c1-15(13-8-3-2-4-9-13)11-12-7-5-6-10-14(12)15;1-2/h2-10H,11H2,1H3;1-2H3. The van der Waals surface area contributed by atoms with Crippen LogP contribution in [0.25, 0.3) is 0 Å². The van der Waals surface area contributed by atoms with E-state index in [-0.39, 0.29) is 5.41 Å². The smallest absolute Gasteiger partial charge is 0.0217 e. The van der Waals surface area contributed by atoms with E-state index in [9.17, 15) is 0 Å². The number of hydrogen-bond acceptors (Lipinski definition) is 0. The van der Waals surface area contributed by atoms with E-state index in [1.54, 1.807) is 0 Å². The predicted molar refractivity (Wildman–Crippen MR) is 74.4 cm³/mol. The van der Waals surface area contributed by atoms with Crippen molar-refractivity contribution in [2.75, 3.05) is 0 Å². The Labute approximate surface area is 104 Å². The summed E-state index contributed by atoms with van der Waals surface area (Å²) in [6.45, 7) is 6.34. The molecule has 2 aromatic carbocycles. The van der Waals surface area contributed by atoms with Crippen LogP contribution in [-0.4, -0.2) is 0 Å². The molecule has 1 aliphatic carbocycles. The normalized spacial score (nSPS) is 20.6. The van der Waals surface area contributed by atoms with Crippen molar-refractivity contribution in [3.05, 3.63) is 71.3 Å². The number of rotatable bonds is 1. The highest BCUT2D eigenvalue weighted by atomic mass is 14.4. The van der Waals surface area contributed by atoms with Crippen molar-refractivity contribution in [1.29, 1.82) is 0 Å². The summed E-state index contributed by atoms with van der Waals surface area (Å²) in [4.78, 5) is 0. The van der Waals surface area contributed by atoms with E-state index in [1.807, 2.05) is 13.8 Å². The zero-order valence-electron chi connectivity index (χ0n) is 10.9. The Hall–Kier alpha value is -1.56. The first-order valence-corrected chi connectivity index (χ1v) is 6.45. The molecule has 17 heavy (non-hydrogen) atoms. The fourth-order valence-electron chi connectivity index (χ4n) is 2.65. The maximum Gasteiger partial charge on any atom is 0.0217 e. The highest BCUT2D eigenvalue weighted by Gasteiger charge is 2.38. The molecule has 1 unspecified atom stereocenters. The molecule has 0 amide bonds. The number of fused-ring (bicyclic) bond motifs is 1. The molecule has 1 aliphatic rings. The van der Waals surface area contributed by atoms with Gasteiger partial charge in [-0.05, 0) is 23.1 Å². The maximum atomic E-state index is 2.34. The molecule has 0 aromatic heterocycles. The van der Waals surface area contributed by atoms with Crippen LogP contribution in [0, 0.1) is 0 Å². The van der Waals surface area contributed by atoms with Crippen molar-refractivity contribution >= 4 is 0 Å². The van der Waals surface area contributed by atoms with Crippen LogP contribution in [0.2, 0.25) is 0 Å². The molecule has 2 aromatic rings. The lowest BCUT2D eigenvalue weighted by Crippen LogP contribution is -2.36. The summed E-state index contributed by atoms with van der Waals surface area (Å²) in [6.07, 6.45) is 1.17. The van der Waals surface area contributed by atoms with Gasteiger partial charge < -0.3 is 0 Å². The topological polar surface area (TPSA) is 0 Å². The lowest BCUT2D eigenvalue weighted by atomic mass is 9.62. The van der Waals surface area contributed by atoms with E-state index < -0.39 is 0 Å². The van der Waals surface area contributed by atoms with E-state index in [2.05, 4.69) is 61.5 Å². The predicted octanol–water partition coefficient (Wildman–Crippen LogP) is 4.57. The monoisotopic (exact) mass is 224 g/mol. The molecule has 0 spiro atoms. The molecular weight excluding hydrogens is 204 g/mol. The summed E-state index contributed by atoms with van der Waals surface area (Å²) in [5.74, 6) is 0. The Balaban J connectivity index is 0.000000514. The lowest BCUT2D eigenvalue weighted by Gasteiger charge is -2.41. The SMILES string of the molecule is CC.CC1(c2ccccc2)Cc2ccccc21. The van der Waals surface area contributed by atoms with Gasteiger partial charge in [-0.2, -0.15) is 0 Å². The zero-order chi connectivity index (χ0) is 12.3. The second kappa shape index (κ2) is 4.75. The quantitative estimate of drug-likeness (QED) is 0.665.